The van der Waals surface area contributed by atoms with Crippen LogP contribution in [0.2, 0.25) is 0 Å². The standard InChI is InChI=1S/C20H28N4O4S.ClH/c1-10-16-15(11(2)25)19(26)24(16)17(20(27)28)18(10)29-14-5-13(22-7-14)4-12-6-21-9-23(3)8-12;/h6,9-11,13-16,22,25H,4-5,7-8H2,1-3H3,(H,27,28);1H/t10-,11-,13-,14+,15-,16-;/m1./s1. The number of thioether (sulfide) groups is 1. The summed E-state index contributed by atoms with van der Waals surface area (Å²) in [5.74, 6) is -1.93. The molecule has 0 aromatic heterocycles. The van der Waals surface area contributed by atoms with Gasteiger partial charge in [0.1, 0.15) is 5.70 Å². The van der Waals surface area contributed by atoms with Crippen molar-refractivity contribution in [2.75, 3.05) is 20.1 Å². The molecule has 0 bridgehead atoms. The number of nitrogens with zero attached hydrogens (tertiary/aromatic N) is 3. The van der Waals surface area contributed by atoms with E-state index in [4.69, 9.17) is 0 Å². The van der Waals surface area contributed by atoms with Gasteiger partial charge in [0.2, 0.25) is 5.91 Å². The molecule has 0 aromatic carbocycles. The average molecular weight is 457 g/mol. The largest absolute Gasteiger partial charge is 0.477 e. The van der Waals surface area contributed by atoms with Crippen molar-refractivity contribution in [2.45, 2.75) is 50.1 Å². The molecule has 0 aliphatic carbocycles. The molecule has 0 unspecified atom stereocenters. The first-order valence-corrected chi connectivity index (χ1v) is 11.0. The molecule has 10 heteroatoms. The molecule has 4 aliphatic heterocycles. The fourth-order valence-electron chi connectivity index (χ4n) is 4.97. The lowest BCUT2D eigenvalue weighted by molar-refractivity contribution is -0.163. The van der Waals surface area contributed by atoms with Crippen LogP contribution < -0.4 is 5.32 Å². The van der Waals surface area contributed by atoms with Gasteiger partial charge in [-0.2, -0.15) is 0 Å². The molecule has 0 aromatic rings. The third kappa shape index (κ3) is 4.00. The Balaban J connectivity index is 0.00000256. The third-order valence-electron chi connectivity index (χ3n) is 6.27. The highest BCUT2D eigenvalue weighted by Gasteiger charge is 2.60. The van der Waals surface area contributed by atoms with E-state index in [9.17, 15) is 19.8 Å². The van der Waals surface area contributed by atoms with E-state index in [1.165, 1.54) is 10.5 Å². The van der Waals surface area contributed by atoms with Gasteiger partial charge in [-0.05, 0) is 25.3 Å². The van der Waals surface area contributed by atoms with E-state index in [-0.39, 0.29) is 41.2 Å². The van der Waals surface area contributed by atoms with E-state index < -0.39 is 18.0 Å². The van der Waals surface area contributed by atoms with Crippen molar-refractivity contribution in [1.82, 2.24) is 15.1 Å². The Morgan fingerprint density at radius 1 is 1.47 bits per heavy atom. The Morgan fingerprint density at radius 2 is 2.20 bits per heavy atom. The van der Waals surface area contributed by atoms with Gasteiger partial charge in [-0.25, -0.2) is 9.79 Å². The summed E-state index contributed by atoms with van der Waals surface area (Å²) >= 11 is 1.59. The number of aliphatic hydroxyl groups is 1. The summed E-state index contributed by atoms with van der Waals surface area (Å²) in [5.41, 5.74) is 1.40. The highest BCUT2D eigenvalue weighted by Crippen LogP contribution is 2.51. The normalized spacial score (nSPS) is 33.8. The second kappa shape index (κ2) is 8.90. The number of carboxylic acid groups (broad SMARTS) is 1. The number of hydrogen-bond acceptors (Lipinski definition) is 7. The molecular weight excluding hydrogens is 428 g/mol. The van der Waals surface area contributed by atoms with Crippen molar-refractivity contribution in [3.63, 3.8) is 0 Å². The Bertz CT molecular complexity index is 815. The molecule has 30 heavy (non-hydrogen) atoms. The lowest BCUT2D eigenvalue weighted by atomic mass is 9.79. The SMILES string of the molecule is C[C@@H](O)[C@H]1C(=O)N2C(C(=O)O)=C(S[C@@H]3CN[C@H](CC4=CN=CN(C)C4)C3)[C@H](C)[C@H]12.Cl. The van der Waals surface area contributed by atoms with Crippen LogP contribution in [-0.4, -0.2) is 81.8 Å². The van der Waals surface area contributed by atoms with Crippen LogP contribution in [0, 0.1) is 11.8 Å². The van der Waals surface area contributed by atoms with E-state index in [1.54, 1.807) is 18.7 Å². The van der Waals surface area contributed by atoms with E-state index >= 15 is 0 Å². The number of hydrogen-bond donors (Lipinski definition) is 3. The number of fused-ring (bicyclic) bond motifs is 1. The number of aliphatic imine (C=N–C) groups is 1. The molecule has 4 heterocycles. The zero-order chi connectivity index (χ0) is 20.9. The fourth-order valence-corrected chi connectivity index (χ4v) is 6.49. The molecule has 0 spiro atoms. The van der Waals surface area contributed by atoms with Gasteiger partial charge in [0, 0.05) is 48.5 Å². The van der Waals surface area contributed by atoms with Crippen LogP contribution in [-0.2, 0) is 9.59 Å². The second-order valence-electron chi connectivity index (χ2n) is 8.52. The predicted molar refractivity (Wildman–Crippen MR) is 118 cm³/mol. The topological polar surface area (TPSA) is 105 Å². The molecule has 166 valence electrons. The summed E-state index contributed by atoms with van der Waals surface area (Å²) in [5, 5.41) is 23.5. The summed E-state index contributed by atoms with van der Waals surface area (Å²) in [6, 6.07) is 0.0944. The second-order valence-corrected chi connectivity index (χ2v) is 9.87. The smallest absolute Gasteiger partial charge is 0.353 e. The number of likely N-dealkylation sites (N-methyl/N-ethyl adjacent to an activating group) is 1. The molecule has 4 rings (SSSR count). The van der Waals surface area contributed by atoms with Crippen LogP contribution >= 0.6 is 24.2 Å². The lowest BCUT2D eigenvalue weighted by Gasteiger charge is -2.46. The molecule has 4 aliphatic rings. The van der Waals surface area contributed by atoms with Crippen molar-refractivity contribution < 1.29 is 19.8 Å². The first-order valence-electron chi connectivity index (χ1n) is 10.1. The van der Waals surface area contributed by atoms with Crippen molar-refractivity contribution in [2.24, 2.45) is 16.8 Å². The van der Waals surface area contributed by atoms with E-state index in [2.05, 4.69) is 15.2 Å². The number of rotatable bonds is 6. The van der Waals surface area contributed by atoms with E-state index in [1.807, 2.05) is 26.5 Å². The molecule has 2 saturated heterocycles. The number of amides is 1. The zero-order valence-electron chi connectivity index (χ0n) is 17.3. The first-order chi connectivity index (χ1) is 13.8. The maximum Gasteiger partial charge on any atom is 0.353 e. The molecular formula is C20H29ClN4O4S. The minimum Gasteiger partial charge on any atom is -0.477 e. The number of β-lactam (4-membered cyclic amide) rings is 1. The third-order valence-corrected chi connectivity index (χ3v) is 7.78. The minimum absolute atomic E-state index is 0. The molecule has 0 radical (unpaired) electrons. The van der Waals surface area contributed by atoms with Gasteiger partial charge in [0.05, 0.1) is 24.4 Å². The highest BCUT2D eigenvalue weighted by molar-refractivity contribution is 8.03. The van der Waals surface area contributed by atoms with Gasteiger partial charge >= 0.3 is 5.97 Å². The van der Waals surface area contributed by atoms with Crippen LogP contribution in [0.15, 0.2) is 27.4 Å². The lowest BCUT2D eigenvalue weighted by Crippen LogP contribution is -2.63. The summed E-state index contributed by atoms with van der Waals surface area (Å²) in [7, 11) is 2.00. The average Bonchev–Trinajstić information content (AvgIpc) is 3.16. The maximum atomic E-state index is 12.5. The van der Waals surface area contributed by atoms with Gasteiger partial charge in [-0.1, -0.05) is 6.92 Å². The number of halogens is 1. The summed E-state index contributed by atoms with van der Waals surface area (Å²) in [6.07, 6.45) is 4.84. The van der Waals surface area contributed by atoms with Gasteiger partial charge in [0.25, 0.3) is 0 Å². The minimum atomic E-state index is -1.06. The van der Waals surface area contributed by atoms with Gasteiger partial charge in [0.15, 0.2) is 0 Å². The van der Waals surface area contributed by atoms with Crippen LogP contribution in [0.4, 0.5) is 0 Å². The molecule has 2 fully saturated rings. The van der Waals surface area contributed by atoms with E-state index in [0.717, 1.165) is 30.8 Å². The van der Waals surface area contributed by atoms with Crippen LogP contribution in [0.1, 0.15) is 26.7 Å². The van der Waals surface area contributed by atoms with Crippen molar-refractivity contribution in [3.05, 3.63) is 22.4 Å². The molecule has 6 atom stereocenters. The predicted octanol–water partition coefficient (Wildman–Crippen LogP) is 1.27. The molecule has 0 saturated carbocycles. The number of carbonyl (C=O) groups excluding carboxylic acids is 1. The highest BCUT2D eigenvalue weighted by atomic mass is 35.5. The Morgan fingerprint density at radius 3 is 2.83 bits per heavy atom. The number of aliphatic hydroxyl groups excluding tert-OH is 1. The van der Waals surface area contributed by atoms with Crippen LogP contribution in [0.25, 0.3) is 0 Å². The van der Waals surface area contributed by atoms with Gasteiger partial charge in [-0.3, -0.25) is 4.79 Å². The van der Waals surface area contributed by atoms with Gasteiger partial charge in [-0.15, -0.1) is 24.2 Å². The monoisotopic (exact) mass is 456 g/mol. The summed E-state index contributed by atoms with van der Waals surface area (Å²) in [4.78, 5) is 32.9. The van der Waals surface area contributed by atoms with E-state index in [0.29, 0.717) is 6.04 Å². The summed E-state index contributed by atoms with van der Waals surface area (Å²) in [6.45, 7) is 5.26. The fraction of sp³-hybridized carbons (Fsp3) is 0.650. The Kier molecular flexibility index (Phi) is 6.86. The Hall–Kier alpha value is -1.55. The molecule has 3 N–H and O–H groups in total. The maximum absolute atomic E-state index is 12.5. The Labute approximate surface area is 186 Å². The van der Waals surface area contributed by atoms with Crippen molar-refractivity contribution >= 4 is 42.4 Å². The van der Waals surface area contributed by atoms with Crippen molar-refractivity contribution in [1.29, 1.82) is 0 Å². The number of nitrogens with one attached hydrogen (secondary N) is 1. The van der Waals surface area contributed by atoms with Crippen LogP contribution in [0.3, 0.4) is 0 Å². The van der Waals surface area contributed by atoms with Crippen LogP contribution in [0.5, 0.6) is 0 Å². The van der Waals surface area contributed by atoms with Crippen molar-refractivity contribution in [3.8, 4) is 0 Å². The quantitative estimate of drug-likeness (QED) is 0.517. The molecule has 8 nitrogen and oxygen atoms in total. The molecule has 1 amide bonds. The zero-order valence-corrected chi connectivity index (χ0v) is 18.9. The first kappa shape index (κ1) is 23.1. The van der Waals surface area contributed by atoms with Gasteiger partial charge < -0.3 is 25.3 Å². The number of carboxylic acids is 1. The number of aliphatic carboxylic acids is 1. The summed E-state index contributed by atoms with van der Waals surface area (Å²) < 4.78 is 0. The number of carbonyl (C=O) groups is 2.